The van der Waals surface area contributed by atoms with E-state index in [0.29, 0.717) is 17.9 Å². The minimum absolute atomic E-state index is 0.0740. The van der Waals surface area contributed by atoms with Gasteiger partial charge in [-0.25, -0.2) is 4.98 Å². The first-order chi connectivity index (χ1) is 14.7. The molecule has 164 valence electrons. The molecular formula is C22H22F3N3O2S. The number of carbonyl (C=O) groups is 1. The summed E-state index contributed by atoms with van der Waals surface area (Å²) < 4.78 is 46.1. The number of benzene rings is 1. The molecule has 2 heterocycles. The summed E-state index contributed by atoms with van der Waals surface area (Å²) in [6.07, 6.45) is -1.86. The van der Waals surface area contributed by atoms with Gasteiger partial charge in [-0.05, 0) is 56.5 Å². The molecule has 0 saturated carbocycles. The lowest BCUT2D eigenvalue weighted by Gasteiger charge is -2.33. The number of hydrogen-bond acceptors (Lipinski definition) is 5. The zero-order valence-corrected chi connectivity index (χ0v) is 18.0. The Kier molecular flexibility index (Phi) is 7.11. The van der Waals surface area contributed by atoms with Crippen molar-refractivity contribution < 1.29 is 22.7 Å². The molecule has 9 heteroatoms. The van der Waals surface area contributed by atoms with Crippen molar-refractivity contribution in [3.63, 3.8) is 0 Å². The molecule has 0 radical (unpaired) electrons. The van der Waals surface area contributed by atoms with Gasteiger partial charge >= 0.3 is 6.18 Å². The maximum Gasteiger partial charge on any atom is 0.417 e. The third kappa shape index (κ3) is 5.31. The minimum atomic E-state index is -4.73. The lowest BCUT2D eigenvalue weighted by Crippen LogP contribution is -2.42. The number of nitrogens with zero attached hydrogens (tertiary/aromatic N) is 3. The Hall–Kier alpha value is -2.73. The van der Waals surface area contributed by atoms with E-state index in [4.69, 9.17) is 4.74 Å². The van der Waals surface area contributed by atoms with Crippen LogP contribution >= 0.6 is 11.8 Å². The van der Waals surface area contributed by atoms with Crippen molar-refractivity contribution in [1.29, 1.82) is 5.26 Å². The van der Waals surface area contributed by atoms with E-state index >= 15 is 0 Å². The number of amides is 1. The normalized spacial score (nSPS) is 16.6. The molecule has 1 aromatic carbocycles. The summed E-state index contributed by atoms with van der Waals surface area (Å²) in [6.45, 7) is 2.60. The highest BCUT2D eigenvalue weighted by Crippen LogP contribution is 2.38. The van der Waals surface area contributed by atoms with Crippen LogP contribution in [-0.4, -0.2) is 41.2 Å². The van der Waals surface area contributed by atoms with Gasteiger partial charge in [0.15, 0.2) is 0 Å². The molecule has 3 rings (SSSR count). The summed E-state index contributed by atoms with van der Waals surface area (Å²) in [5.41, 5.74) is -1.09. The third-order valence-corrected chi connectivity index (χ3v) is 6.21. The van der Waals surface area contributed by atoms with Crippen molar-refractivity contribution >= 4 is 17.7 Å². The molecule has 1 amide bonds. The first-order valence-corrected chi connectivity index (χ1v) is 10.8. The molecule has 5 nitrogen and oxygen atoms in total. The van der Waals surface area contributed by atoms with Gasteiger partial charge in [-0.2, -0.15) is 18.4 Å². The van der Waals surface area contributed by atoms with Gasteiger partial charge in [0.05, 0.1) is 29.7 Å². The maximum absolute atomic E-state index is 13.7. The van der Waals surface area contributed by atoms with Gasteiger partial charge in [0.1, 0.15) is 16.8 Å². The molecule has 1 fully saturated rings. The number of hydrogen-bond donors (Lipinski definition) is 0. The van der Waals surface area contributed by atoms with Crippen LogP contribution in [0.1, 0.15) is 37.3 Å². The first-order valence-electron chi connectivity index (χ1n) is 9.83. The van der Waals surface area contributed by atoms with Crippen molar-refractivity contribution in [2.45, 2.75) is 43.4 Å². The van der Waals surface area contributed by atoms with Crippen molar-refractivity contribution in [2.24, 2.45) is 0 Å². The molecule has 0 bridgehead atoms. The summed E-state index contributed by atoms with van der Waals surface area (Å²) >= 11 is 0.873. The molecular weight excluding hydrogens is 427 g/mol. The maximum atomic E-state index is 13.7. The van der Waals surface area contributed by atoms with E-state index in [9.17, 15) is 23.2 Å². The zero-order chi connectivity index (χ0) is 22.6. The van der Waals surface area contributed by atoms with E-state index < -0.39 is 17.3 Å². The highest BCUT2D eigenvalue weighted by molar-refractivity contribution is 8.00. The fourth-order valence-corrected chi connectivity index (χ4v) is 4.44. The van der Waals surface area contributed by atoms with E-state index in [0.717, 1.165) is 37.1 Å². The smallest absolute Gasteiger partial charge is 0.417 e. The standard InChI is InChI=1S/C22H22F3N3O2S/c1-14-5-3-4-10-28(14)20(29)13-31-21-17(12-26)18(22(23,24)25)11-19(27-21)15-6-8-16(30-2)9-7-15/h6-9,11,14H,3-5,10,13H2,1-2H3/t14-/m1/s1. The molecule has 0 aliphatic carbocycles. The molecule has 0 unspecified atom stereocenters. The van der Waals surface area contributed by atoms with Crippen molar-refractivity contribution in [1.82, 2.24) is 9.88 Å². The van der Waals surface area contributed by atoms with Gasteiger partial charge in [0.2, 0.25) is 5.91 Å². The van der Waals surface area contributed by atoms with E-state index in [1.165, 1.54) is 7.11 Å². The van der Waals surface area contributed by atoms with E-state index in [2.05, 4.69) is 4.98 Å². The summed E-state index contributed by atoms with van der Waals surface area (Å²) in [5, 5.41) is 9.34. The van der Waals surface area contributed by atoms with Gasteiger partial charge in [-0.15, -0.1) is 0 Å². The molecule has 1 aliphatic heterocycles. The number of carbonyl (C=O) groups excluding carboxylic acids is 1. The molecule has 0 spiro atoms. The Morgan fingerprint density at radius 3 is 2.61 bits per heavy atom. The van der Waals surface area contributed by atoms with Gasteiger partial charge in [-0.3, -0.25) is 4.79 Å². The summed E-state index contributed by atoms with van der Waals surface area (Å²) in [6, 6.07) is 9.05. The Morgan fingerprint density at radius 1 is 1.32 bits per heavy atom. The quantitative estimate of drug-likeness (QED) is 0.592. The highest BCUT2D eigenvalue weighted by atomic mass is 32.2. The number of halogens is 3. The van der Waals surface area contributed by atoms with Crippen LogP contribution in [0.15, 0.2) is 35.4 Å². The van der Waals surface area contributed by atoms with Crippen LogP contribution in [0, 0.1) is 11.3 Å². The minimum Gasteiger partial charge on any atom is -0.497 e. The number of likely N-dealkylation sites (tertiary alicyclic amines) is 1. The largest absolute Gasteiger partial charge is 0.497 e. The number of pyridine rings is 1. The number of thioether (sulfide) groups is 1. The van der Waals surface area contributed by atoms with Crippen LogP contribution in [0.3, 0.4) is 0 Å². The molecule has 0 N–H and O–H groups in total. The number of piperidine rings is 1. The fraction of sp³-hybridized carbons (Fsp3) is 0.409. The lowest BCUT2D eigenvalue weighted by atomic mass is 10.0. The predicted octanol–water partition coefficient (Wildman–Crippen LogP) is 5.14. The van der Waals surface area contributed by atoms with Gasteiger partial charge in [-0.1, -0.05) is 11.8 Å². The predicted molar refractivity (Wildman–Crippen MR) is 112 cm³/mol. The van der Waals surface area contributed by atoms with Crippen molar-refractivity contribution in [2.75, 3.05) is 19.4 Å². The monoisotopic (exact) mass is 449 g/mol. The zero-order valence-electron chi connectivity index (χ0n) is 17.2. The van der Waals surface area contributed by atoms with E-state index in [-0.39, 0.29) is 28.4 Å². The second-order valence-electron chi connectivity index (χ2n) is 7.29. The molecule has 31 heavy (non-hydrogen) atoms. The number of ether oxygens (including phenoxy) is 1. The third-order valence-electron chi connectivity index (χ3n) is 5.24. The number of methoxy groups -OCH3 is 1. The first kappa shape index (κ1) is 22.9. The molecule has 1 aliphatic rings. The fourth-order valence-electron chi connectivity index (χ4n) is 3.55. The van der Waals surface area contributed by atoms with Crippen LogP contribution in [0.5, 0.6) is 5.75 Å². The topological polar surface area (TPSA) is 66.2 Å². The van der Waals surface area contributed by atoms with Crippen LogP contribution < -0.4 is 4.74 Å². The molecule has 1 atom stereocenters. The van der Waals surface area contributed by atoms with Crippen LogP contribution in [0.25, 0.3) is 11.3 Å². The van der Waals surface area contributed by atoms with Crippen LogP contribution in [0.4, 0.5) is 13.2 Å². The molecule has 2 aromatic rings. The van der Waals surface area contributed by atoms with Crippen LogP contribution in [-0.2, 0) is 11.0 Å². The number of rotatable bonds is 5. The van der Waals surface area contributed by atoms with Crippen LogP contribution in [0.2, 0.25) is 0 Å². The van der Waals surface area contributed by atoms with Crippen molar-refractivity contribution in [3.05, 3.63) is 41.5 Å². The molecule has 1 aromatic heterocycles. The van der Waals surface area contributed by atoms with Gasteiger partial charge in [0, 0.05) is 18.2 Å². The highest BCUT2D eigenvalue weighted by Gasteiger charge is 2.36. The summed E-state index contributed by atoms with van der Waals surface area (Å²) in [4.78, 5) is 18.7. The number of aromatic nitrogens is 1. The summed E-state index contributed by atoms with van der Waals surface area (Å²) in [5.74, 6) is 0.325. The second-order valence-corrected chi connectivity index (χ2v) is 8.26. The average molecular weight is 449 g/mol. The molecule has 1 saturated heterocycles. The summed E-state index contributed by atoms with van der Waals surface area (Å²) in [7, 11) is 1.49. The van der Waals surface area contributed by atoms with Crippen molar-refractivity contribution in [3.8, 4) is 23.1 Å². The van der Waals surface area contributed by atoms with E-state index in [1.54, 1.807) is 35.2 Å². The Morgan fingerprint density at radius 2 is 2.03 bits per heavy atom. The number of nitriles is 1. The van der Waals surface area contributed by atoms with E-state index in [1.807, 2.05) is 6.92 Å². The van der Waals surface area contributed by atoms with Gasteiger partial charge in [0.25, 0.3) is 0 Å². The lowest BCUT2D eigenvalue weighted by molar-refractivity contribution is -0.138. The van der Waals surface area contributed by atoms with Gasteiger partial charge < -0.3 is 9.64 Å². The average Bonchev–Trinajstić information content (AvgIpc) is 2.76. The number of alkyl halides is 3. The Balaban J connectivity index is 1.95. The Labute approximate surface area is 183 Å². The second kappa shape index (κ2) is 9.60. The SMILES string of the molecule is COc1ccc(-c2cc(C(F)(F)F)c(C#N)c(SCC(=O)N3CCCC[C@H]3C)n2)cc1. The Bertz CT molecular complexity index is 987.